The van der Waals surface area contributed by atoms with Crippen molar-refractivity contribution in [1.82, 2.24) is 0 Å². The fourth-order valence-corrected chi connectivity index (χ4v) is 2.64. The van der Waals surface area contributed by atoms with Gasteiger partial charge >= 0.3 is 0 Å². The van der Waals surface area contributed by atoms with Gasteiger partial charge in [-0.05, 0) is 41.7 Å². The van der Waals surface area contributed by atoms with Crippen molar-refractivity contribution in [3.63, 3.8) is 0 Å². The summed E-state index contributed by atoms with van der Waals surface area (Å²) in [6, 6.07) is 14.6. The standard InChI is InChI=1S/C20H26O3/c1-3-15-5-7-16(8-6-15)11-18-12-17(13-19(22)14-21)9-10-20(18)23-4-2/h5-10,12,19,21-22H,3-4,11,13-14H2,1-2H3/t19-/m0/s1. The molecule has 2 N–H and O–H groups in total. The lowest BCUT2D eigenvalue weighted by atomic mass is 9.98. The summed E-state index contributed by atoms with van der Waals surface area (Å²) in [4.78, 5) is 0. The molecule has 0 heterocycles. The normalized spacial score (nSPS) is 12.2. The number of aliphatic hydroxyl groups excluding tert-OH is 2. The molecule has 0 fully saturated rings. The van der Waals surface area contributed by atoms with Gasteiger partial charge in [-0.2, -0.15) is 0 Å². The first-order valence-corrected chi connectivity index (χ1v) is 8.27. The number of aryl methyl sites for hydroxylation is 1. The molecule has 3 nitrogen and oxygen atoms in total. The fourth-order valence-electron chi connectivity index (χ4n) is 2.64. The molecule has 0 aromatic heterocycles. The highest BCUT2D eigenvalue weighted by Gasteiger charge is 2.09. The van der Waals surface area contributed by atoms with Gasteiger partial charge in [-0.15, -0.1) is 0 Å². The first-order chi connectivity index (χ1) is 11.2. The Labute approximate surface area is 138 Å². The van der Waals surface area contributed by atoms with Crippen LogP contribution in [0.25, 0.3) is 0 Å². The van der Waals surface area contributed by atoms with Crippen LogP contribution in [0, 0.1) is 0 Å². The van der Waals surface area contributed by atoms with Gasteiger partial charge in [0.15, 0.2) is 0 Å². The lowest BCUT2D eigenvalue weighted by Gasteiger charge is -2.14. The molecule has 0 spiro atoms. The maximum absolute atomic E-state index is 9.64. The molecule has 0 saturated heterocycles. The van der Waals surface area contributed by atoms with Crippen LogP contribution >= 0.6 is 0 Å². The molecule has 0 aliphatic rings. The van der Waals surface area contributed by atoms with Gasteiger partial charge in [0, 0.05) is 12.8 Å². The van der Waals surface area contributed by atoms with E-state index in [9.17, 15) is 5.11 Å². The predicted molar refractivity (Wildman–Crippen MR) is 93.0 cm³/mol. The maximum Gasteiger partial charge on any atom is 0.122 e. The number of aliphatic hydroxyl groups is 2. The quantitative estimate of drug-likeness (QED) is 0.787. The summed E-state index contributed by atoms with van der Waals surface area (Å²) in [5.74, 6) is 0.884. The molecule has 2 aromatic carbocycles. The van der Waals surface area contributed by atoms with E-state index >= 15 is 0 Å². The van der Waals surface area contributed by atoms with Crippen molar-refractivity contribution in [2.24, 2.45) is 0 Å². The Balaban J connectivity index is 2.23. The molecule has 0 radical (unpaired) electrons. The second-order valence-corrected chi connectivity index (χ2v) is 5.76. The van der Waals surface area contributed by atoms with Crippen molar-refractivity contribution < 1.29 is 14.9 Å². The second kappa shape index (κ2) is 8.70. The minimum atomic E-state index is -0.718. The van der Waals surface area contributed by atoms with E-state index in [-0.39, 0.29) is 6.61 Å². The average Bonchev–Trinajstić information content (AvgIpc) is 2.58. The third-order valence-corrected chi connectivity index (χ3v) is 3.93. The van der Waals surface area contributed by atoms with Gasteiger partial charge < -0.3 is 14.9 Å². The molecule has 124 valence electrons. The van der Waals surface area contributed by atoms with E-state index in [0.29, 0.717) is 13.0 Å². The van der Waals surface area contributed by atoms with Crippen LogP contribution in [-0.4, -0.2) is 29.5 Å². The van der Waals surface area contributed by atoms with Crippen molar-refractivity contribution in [3.8, 4) is 5.75 Å². The highest BCUT2D eigenvalue weighted by molar-refractivity contribution is 5.41. The smallest absolute Gasteiger partial charge is 0.122 e. The average molecular weight is 314 g/mol. The Hall–Kier alpha value is -1.84. The Morgan fingerprint density at radius 1 is 0.957 bits per heavy atom. The van der Waals surface area contributed by atoms with Crippen molar-refractivity contribution in [1.29, 1.82) is 0 Å². The van der Waals surface area contributed by atoms with Crippen LogP contribution in [0.5, 0.6) is 5.75 Å². The Morgan fingerprint density at radius 3 is 2.22 bits per heavy atom. The molecule has 0 bridgehead atoms. The van der Waals surface area contributed by atoms with Crippen LogP contribution in [0.4, 0.5) is 0 Å². The van der Waals surface area contributed by atoms with Gasteiger partial charge in [-0.25, -0.2) is 0 Å². The summed E-state index contributed by atoms with van der Waals surface area (Å²) in [6.07, 6.45) is 1.57. The molecular weight excluding hydrogens is 288 g/mol. The minimum absolute atomic E-state index is 0.221. The number of ether oxygens (including phenoxy) is 1. The zero-order valence-electron chi connectivity index (χ0n) is 14.0. The van der Waals surface area contributed by atoms with Gasteiger partial charge in [0.2, 0.25) is 0 Å². The highest BCUT2D eigenvalue weighted by Crippen LogP contribution is 2.24. The topological polar surface area (TPSA) is 49.7 Å². The van der Waals surface area contributed by atoms with E-state index in [1.54, 1.807) is 0 Å². The summed E-state index contributed by atoms with van der Waals surface area (Å²) < 4.78 is 5.73. The molecule has 0 unspecified atom stereocenters. The summed E-state index contributed by atoms with van der Waals surface area (Å²) in [7, 11) is 0. The van der Waals surface area contributed by atoms with Gasteiger partial charge in [0.25, 0.3) is 0 Å². The molecule has 2 aromatic rings. The largest absolute Gasteiger partial charge is 0.494 e. The fraction of sp³-hybridized carbons (Fsp3) is 0.400. The number of rotatable bonds is 8. The van der Waals surface area contributed by atoms with Crippen LogP contribution in [0.1, 0.15) is 36.1 Å². The summed E-state index contributed by atoms with van der Waals surface area (Å²) in [5.41, 5.74) is 4.69. The molecule has 1 atom stereocenters. The number of benzene rings is 2. The number of hydrogen-bond acceptors (Lipinski definition) is 3. The third kappa shape index (κ3) is 5.08. The Kier molecular flexibility index (Phi) is 6.63. The SMILES string of the molecule is CCOc1ccc(C[C@H](O)CO)cc1Cc1ccc(CC)cc1. The van der Waals surface area contributed by atoms with Crippen LogP contribution < -0.4 is 4.74 Å². The van der Waals surface area contributed by atoms with Gasteiger partial charge in [0.1, 0.15) is 5.75 Å². The number of hydrogen-bond donors (Lipinski definition) is 2. The van der Waals surface area contributed by atoms with E-state index in [4.69, 9.17) is 9.84 Å². The zero-order chi connectivity index (χ0) is 16.7. The van der Waals surface area contributed by atoms with Crippen LogP contribution in [-0.2, 0) is 19.3 Å². The molecule has 0 saturated carbocycles. The van der Waals surface area contributed by atoms with Crippen molar-refractivity contribution in [3.05, 3.63) is 64.7 Å². The third-order valence-electron chi connectivity index (χ3n) is 3.93. The van der Waals surface area contributed by atoms with E-state index in [0.717, 1.165) is 29.7 Å². The zero-order valence-corrected chi connectivity index (χ0v) is 14.0. The second-order valence-electron chi connectivity index (χ2n) is 5.76. The lowest BCUT2D eigenvalue weighted by Crippen LogP contribution is -2.15. The molecule has 23 heavy (non-hydrogen) atoms. The molecule has 2 rings (SSSR count). The first-order valence-electron chi connectivity index (χ1n) is 8.27. The Bertz CT molecular complexity index is 605. The van der Waals surface area contributed by atoms with Gasteiger partial charge in [-0.1, -0.05) is 43.3 Å². The van der Waals surface area contributed by atoms with E-state index < -0.39 is 6.10 Å². The monoisotopic (exact) mass is 314 g/mol. The minimum Gasteiger partial charge on any atom is -0.494 e. The van der Waals surface area contributed by atoms with Crippen molar-refractivity contribution in [2.75, 3.05) is 13.2 Å². The molecule has 0 aliphatic carbocycles. The van der Waals surface area contributed by atoms with E-state index in [1.165, 1.54) is 11.1 Å². The molecule has 0 aliphatic heterocycles. The van der Waals surface area contributed by atoms with Crippen molar-refractivity contribution >= 4 is 0 Å². The lowest BCUT2D eigenvalue weighted by molar-refractivity contribution is 0.0955. The first kappa shape index (κ1) is 17.5. The van der Waals surface area contributed by atoms with Crippen molar-refractivity contribution in [2.45, 2.75) is 39.2 Å². The van der Waals surface area contributed by atoms with Crippen LogP contribution in [0.2, 0.25) is 0 Å². The molecule has 0 amide bonds. The summed E-state index contributed by atoms with van der Waals surface area (Å²) >= 11 is 0. The van der Waals surface area contributed by atoms with Crippen LogP contribution in [0.15, 0.2) is 42.5 Å². The summed E-state index contributed by atoms with van der Waals surface area (Å²) in [6.45, 7) is 4.53. The van der Waals surface area contributed by atoms with Gasteiger partial charge in [0.05, 0.1) is 19.3 Å². The van der Waals surface area contributed by atoms with Crippen LogP contribution in [0.3, 0.4) is 0 Å². The molecular formula is C20H26O3. The van der Waals surface area contributed by atoms with E-state index in [2.05, 4.69) is 37.3 Å². The molecule has 3 heteroatoms. The highest BCUT2D eigenvalue weighted by atomic mass is 16.5. The van der Waals surface area contributed by atoms with E-state index in [1.807, 2.05) is 19.1 Å². The predicted octanol–water partition coefficient (Wildman–Crippen LogP) is 3.13. The maximum atomic E-state index is 9.64. The van der Waals surface area contributed by atoms with Gasteiger partial charge in [-0.3, -0.25) is 0 Å². The Morgan fingerprint density at radius 2 is 1.61 bits per heavy atom. The summed E-state index contributed by atoms with van der Waals surface area (Å²) in [5, 5.41) is 18.7.